The monoisotopic (exact) mass is 517 g/mol. The molecule has 0 aliphatic carbocycles. The van der Waals surface area contributed by atoms with Crippen LogP contribution < -0.4 is 10.5 Å². The molecule has 1 aliphatic heterocycles. The highest BCUT2D eigenvalue weighted by Gasteiger charge is 2.38. The minimum absolute atomic E-state index is 0.194. The number of hydrogen-bond donors (Lipinski definition) is 3. The van der Waals surface area contributed by atoms with E-state index in [1.165, 1.54) is 6.20 Å². The number of amides is 1. The number of halogens is 3. The molecule has 0 spiro atoms. The van der Waals surface area contributed by atoms with Crippen LogP contribution in [0.3, 0.4) is 0 Å². The van der Waals surface area contributed by atoms with Gasteiger partial charge >= 0.3 is 12.1 Å². The highest BCUT2D eigenvalue weighted by Crippen LogP contribution is 2.28. The highest BCUT2D eigenvalue weighted by molar-refractivity contribution is 5.87. The maximum atomic E-state index is 12.7. The zero-order chi connectivity index (χ0) is 27.2. The van der Waals surface area contributed by atoms with Crippen LogP contribution in [-0.2, 0) is 16.0 Å². The van der Waals surface area contributed by atoms with E-state index in [1.807, 2.05) is 24.4 Å². The van der Waals surface area contributed by atoms with E-state index >= 15 is 0 Å². The fraction of sp³-hybridized carbons (Fsp3) is 0.292. The van der Waals surface area contributed by atoms with Crippen LogP contribution in [0.25, 0.3) is 10.9 Å². The van der Waals surface area contributed by atoms with Crippen molar-refractivity contribution < 1.29 is 37.4 Å². The summed E-state index contributed by atoms with van der Waals surface area (Å²) in [6, 6.07) is 9.89. The number of nitrogens with two attached hydrogens (primary N) is 1. The number of likely N-dealkylation sites (tertiary alicyclic amines) is 1. The van der Waals surface area contributed by atoms with Crippen molar-refractivity contribution in [3.63, 3.8) is 0 Å². The molecule has 0 saturated carbocycles. The largest absolute Gasteiger partial charge is 0.490 e. The van der Waals surface area contributed by atoms with Gasteiger partial charge in [0.25, 0.3) is 0 Å². The number of ether oxygens (including phenoxy) is 1. The molecule has 1 saturated heterocycles. The standard InChI is InChI=1S/C22H21N5O3.C2HF3O2/c23-10-16-2-1-7-27(16)22(29)19(24)8-15-12-25-20-5-4-17(9-18(15)20)30-21-6-3-14(13-28)11-26-21;3-2(4,5)1(6)7/h3-6,9,11-13,16,19,25H,1-2,7-8,24H2;(H,6,7)/t16-,19-;/m0./s1. The molecular weight excluding hydrogens is 495 g/mol. The van der Waals surface area contributed by atoms with Crippen LogP contribution in [0.4, 0.5) is 13.2 Å². The Balaban J connectivity index is 0.000000479. The number of H-pyrrole nitrogens is 1. The van der Waals surface area contributed by atoms with Gasteiger partial charge in [-0.2, -0.15) is 18.4 Å². The molecule has 0 bridgehead atoms. The van der Waals surface area contributed by atoms with Crippen LogP contribution in [0, 0.1) is 11.3 Å². The number of aromatic amines is 1. The molecule has 3 heterocycles. The summed E-state index contributed by atoms with van der Waals surface area (Å²) < 4.78 is 37.5. The van der Waals surface area contributed by atoms with Crippen molar-refractivity contribution >= 4 is 29.1 Å². The smallest absolute Gasteiger partial charge is 0.475 e. The van der Waals surface area contributed by atoms with Crippen molar-refractivity contribution in [2.75, 3.05) is 6.54 Å². The number of aromatic nitrogens is 2. The van der Waals surface area contributed by atoms with Crippen LogP contribution in [0.5, 0.6) is 11.6 Å². The molecule has 3 aromatic rings. The minimum atomic E-state index is -5.08. The first-order valence-electron chi connectivity index (χ1n) is 11.0. The number of carbonyl (C=O) groups is 3. The van der Waals surface area contributed by atoms with E-state index in [-0.39, 0.29) is 11.9 Å². The molecule has 1 aromatic carbocycles. The van der Waals surface area contributed by atoms with Crippen LogP contribution in [-0.4, -0.2) is 62.9 Å². The van der Waals surface area contributed by atoms with Crippen LogP contribution >= 0.6 is 0 Å². The van der Waals surface area contributed by atoms with Gasteiger partial charge in [0.1, 0.15) is 11.8 Å². The average Bonchev–Trinajstić information content (AvgIpc) is 3.51. The maximum absolute atomic E-state index is 12.7. The van der Waals surface area contributed by atoms with Crippen molar-refractivity contribution in [2.45, 2.75) is 37.5 Å². The number of hydrogen-bond acceptors (Lipinski definition) is 7. The Labute approximate surface area is 208 Å². The topological polar surface area (TPSA) is 162 Å². The predicted molar refractivity (Wildman–Crippen MR) is 124 cm³/mol. The summed E-state index contributed by atoms with van der Waals surface area (Å²) in [4.78, 5) is 41.2. The number of alkyl halides is 3. The van der Waals surface area contributed by atoms with Gasteiger partial charge in [-0.1, -0.05) is 0 Å². The predicted octanol–water partition coefficient (Wildman–Crippen LogP) is 3.19. The van der Waals surface area contributed by atoms with Gasteiger partial charge in [0.15, 0.2) is 6.29 Å². The molecule has 4 N–H and O–H groups in total. The first kappa shape index (κ1) is 27.2. The van der Waals surface area contributed by atoms with Gasteiger partial charge in [0.2, 0.25) is 11.8 Å². The molecule has 2 atom stereocenters. The summed E-state index contributed by atoms with van der Waals surface area (Å²) in [7, 11) is 0. The fourth-order valence-corrected chi connectivity index (χ4v) is 3.73. The van der Waals surface area contributed by atoms with Gasteiger partial charge in [-0.3, -0.25) is 9.59 Å². The molecule has 10 nitrogen and oxygen atoms in total. The lowest BCUT2D eigenvalue weighted by molar-refractivity contribution is -0.192. The molecule has 1 aliphatic rings. The first-order valence-corrected chi connectivity index (χ1v) is 11.0. The van der Waals surface area contributed by atoms with Crippen LogP contribution in [0.15, 0.2) is 42.7 Å². The Kier molecular flexibility index (Phi) is 8.46. The van der Waals surface area contributed by atoms with Gasteiger partial charge in [-0.05, 0) is 49.1 Å². The molecule has 194 valence electrons. The number of rotatable bonds is 6. The second-order valence-corrected chi connectivity index (χ2v) is 8.10. The van der Waals surface area contributed by atoms with E-state index in [1.54, 1.807) is 17.0 Å². The maximum Gasteiger partial charge on any atom is 0.490 e. The summed E-state index contributed by atoms with van der Waals surface area (Å²) in [5.41, 5.74) is 8.47. The Hall–Kier alpha value is -4.44. The summed E-state index contributed by atoms with van der Waals surface area (Å²) >= 11 is 0. The Morgan fingerprint density at radius 2 is 2.08 bits per heavy atom. The van der Waals surface area contributed by atoms with Crippen molar-refractivity contribution in [3.05, 3.63) is 53.9 Å². The number of carboxylic acids is 1. The number of aliphatic carboxylic acids is 1. The summed E-state index contributed by atoms with van der Waals surface area (Å²) in [5.74, 6) is -1.99. The lowest BCUT2D eigenvalue weighted by Crippen LogP contribution is -2.46. The number of nitrogens with zero attached hydrogens (tertiary/aromatic N) is 3. The van der Waals surface area contributed by atoms with E-state index in [2.05, 4.69) is 16.0 Å². The van der Waals surface area contributed by atoms with Crippen molar-refractivity contribution in [1.29, 1.82) is 5.26 Å². The lowest BCUT2D eigenvalue weighted by Gasteiger charge is -2.23. The summed E-state index contributed by atoms with van der Waals surface area (Å²) in [6.07, 6.45) is 0.797. The van der Waals surface area contributed by atoms with Gasteiger partial charge in [-0.15, -0.1) is 0 Å². The molecule has 13 heteroatoms. The number of aldehydes is 1. The van der Waals surface area contributed by atoms with Crippen molar-refractivity contribution in [2.24, 2.45) is 5.73 Å². The fourth-order valence-electron chi connectivity index (χ4n) is 3.73. The second kappa shape index (κ2) is 11.5. The van der Waals surface area contributed by atoms with Gasteiger partial charge in [0.05, 0.1) is 12.1 Å². The molecule has 0 unspecified atom stereocenters. The van der Waals surface area contributed by atoms with Gasteiger partial charge in [0, 0.05) is 41.5 Å². The third-order valence-corrected chi connectivity index (χ3v) is 5.54. The third-order valence-electron chi connectivity index (χ3n) is 5.54. The number of nitriles is 1. The van der Waals surface area contributed by atoms with E-state index < -0.39 is 18.2 Å². The van der Waals surface area contributed by atoms with Crippen molar-refractivity contribution in [1.82, 2.24) is 14.9 Å². The van der Waals surface area contributed by atoms with Crippen molar-refractivity contribution in [3.8, 4) is 17.7 Å². The Bertz CT molecular complexity index is 1320. The zero-order valence-corrected chi connectivity index (χ0v) is 19.2. The zero-order valence-electron chi connectivity index (χ0n) is 19.2. The molecule has 37 heavy (non-hydrogen) atoms. The first-order chi connectivity index (χ1) is 17.5. The van der Waals surface area contributed by atoms with Crippen LogP contribution in [0.2, 0.25) is 0 Å². The summed E-state index contributed by atoms with van der Waals surface area (Å²) in [5, 5.41) is 17.2. The summed E-state index contributed by atoms with van der Waals surface area (Å²) in [6.45, 7) is 0.576. The molecule has 1 amide bonds. The normalized spacial score (nSPS) is 15.9. The van der Waals surface area contributed by atoms with Gasteiger partial charge in [-0.25, -0.2) is 9.78 Å². The number of nitrogens with one attached hydrogen (secondary N) is 1. The van der Waals surface area contributed by atoms with E-state index in [0.29, 0.717) is 36.6 Å². The number of carbonyl (C=O) groups excluding carboxylic acids is 2. The van der Waals surface area contributed by atoms with E-state index in [4.69, 9.17) is 20.4 Å². The second-order valence-electron chi connectivity index (χ2n) is 8.10. The number of benzene rings is 1. The SMILES string of the molecule is N#C[C@@H]1CCCN1C(=O)[C@@H](N)Cc1c[nH]c2ccc(Oc3ccc(C=O)cn3)cc12.O=C(O)C(F)(F)F. The Morgan fingerprint density at radius 3 is 2.68 bits per heavy atom. The molecule has 2 aromatic heterocycles. The molecule has 0 radical (unpaired) electrons. The highest BCUT2D eigenvalue weighted by atomic mass is 19.4. The quantitative estimate of drug-likeness (QED) is 0.420. The van der Waals surface area contributed by atoms with Gasteiger partial charge < -0.3 is 25.5 Å². The third kappa shape index (κ3) is 6.83. The number of carboxylic acid groups (broad SMARTS) is 1. The number of fused-ring (bicyclic) bond motifs is 1. The van der Waals surface area contributed by atoms with E-state index in [9.17, 15) is 28.0 Å². The average molecular weight is 517 g/mol. The minimum Gasteiger partial charge on any atom is -0.475 e. The molecular formula is C24H22F3N5O5. The lowest BCUT2D eigenvalue weighted by atomic mass is 10.0. The Morgan fingerprint density at radius 1 is 1.35 bits per heavy atom. The molecule has 1 fully saturated rings. The van der Waals surface area contributed by atoms with E-state index in [0.717, 1.165) is 29.2 Å². The molecule has 4 rings (SSSR count). The van der Waals surface area contributed by atoms with Crippen LogP contribution in [0.1, 0.15) is 28.8 Å². The number of pyridine rings is 1.